The number of likely N-dealkylation sites (tertiary alicyclic amines) is 2. The molecule has 2 amide bonds. The molecule has 12 heteroatoms. The maximum absolute atomic E-state index is 14.4. The molecule has 3 aliphatic heterocycles. The predicted molar refractivity (Wildman–Crippen MR) is 194 cm³/mol. The predicted octanol–water partition coefficient (Wildman–Crippen LogP) is 8.42. The van der Waals surface area contributed by atoms with Gasteiger partial charge in [0.25, 0.3) is 0 Å². The molecule has 2 fully saturated rings. The smallest absolute Gasteiger partial charge is 0.411 e. The van der Waals surface area contributed by atoms with E-state index < -0.39 is 58.1 Å². The molecule has 0 aromatic rings. The number of esters is 1. The lowest BCUT2D eigenvalue weighted by Gasteiger charge is -2.46. The van der Waals surface area contributed by atoms with Crippen LogP contribution in [0.2, 0.25) is 36.3 Å². The number of carbonyl (C=O) groups excluding carboxylic acids is 3. The molecule has 3 rings (SSSR count). The first-order valence-corrected chi connectivity index (χ1v) is 23.6. The number of nitrogens with zero attached hydrogens (tertiary/aromatic N) is 2. The molecule has 48 heavy (non-hydrogen) atoms. The second kappa shape index (κ2) is 14.0. The highest BCUT2D eigenvalue weighted by Gasteiger charge is 2.55. The van der Waals surface area contributed by atoms with Gasteiger partial charge < -0.3 is 23.1 Å². The standard InChI is InChI=1S/C36H66N2O8Si2/c1-33(2,3)44-31(40)37-24(17-19-26(37)28-21-22-30(39)43-28)25-18-20-27(38(25)32(41)45-34(4,5)6)29(46-48(15,16)36(10,11)12)23-42-47(13,14)35(7,8)9/h21-22,24-29H,17-20,23H2,1-16H3/t24-,25+,26-,27+,28-,29+/m0/s1. The zero-order chi connectivity index (χ0) is 36.8. The summed E-state index contributed by atoms with van der Waals surface area (Å²) in [6, 6.07) is -1.47. The Morgan fingerprint density at radius 1 is 0.750 bits per heavy atom. The molecule has 6 atom stereocenters. The third-order valence-corrected chi connectivity index (χ3v) is 19.8. The lowest BCUT2D eigenvalue weighted by molar-refractivity contribution is -0.141. The molecule has 0 radical (unpaired) electrons. The van der Waals surface area contributed by atoms with Crippen LogP contribution in [0.4, 0.5) is 9.59 Å². The van der Waals surface area contributed by atoms with Gasteiger partial charge in [0.1, 0.15) is 17.3 Å². The van der Waals surface area contributed by atoms with Crippen LogP contribution >= 0.6 is 0 Å². The van der Waals surface area contributed by atoms with Crippen LogP contribution in [0.25, 0.3) is 0 Å². The number of cyclic esters (lactones) is 1. The molecule has 3 heterocycles. The van der Waals surface area contributed by atoms with E-state index >= 15 is 0 Å². The summed E-state index contributed by atoms with van der Waals surface area (Å²) in [5.41, 5.74) is -1.46. The van der Waals surface area contributed by atoms with Gasteiger partial charge >= 0.3 is 18.2 Å². The minimum Gasteiger partial charge on any atom is -0.453 e. The molecule has 0 aromatic heterocycles. The molecule has 276 valence electrons. The molecule has 3 aliphatic rings. The molecular formula is C36H66N2O8Si2. The minimum absolute atomic E-state index is 0.00248. The van der Waals surface area contributed by atoms with E-state index in [1.165, 1.54) is 6.08 Å². The summed E-state index contributed by atoms with van der Waals surface area (Å²) < 4.78 is 31.7. The summed E-state index contributed by atoms with van der Waals surface area (Å²) in [7, 11) is -4.49. The maximum Gasteiger partial charge on any atom is 0.411 e. The van der Waals surface area contributed by atoms with E-state index in [4.69, 9.17) is 23.1 Å². The van der Waals surface area contributed by atoms with Crippen LogP contribution in [-0.4, -0.2) is 98.8 Å². The van der Waals surface area contributed by atoms with Crippen LogP contribution in [0.3, 0.4) is 0 Å². The molecule has 0 aromatic carbocycles. The van der Waals surface area contributed by atoms with Gasteiger partial charge in [-0.2, -0.15) is 0 Å². The first-order chi connectivity index (χ1) is 21.5. The van der Waals surface area contributed by atoms with E-state index in [-0.39, 0.29) is 34.3 Å². The highest BCUT2D eigenvalue weighted by molar-refractivity contribution is 6.74. The number of rotatable bonds is 8. The molecule has 2 saturated heterocycles. The second-order valence-corrected chi connectivity index (χ2v) is 28.5. The van der Waals surface area contributed by atoms with Crippen molar-refractivity contribution in [2.24, 2.45) is 0 Å². The van der Waals surface area contributed by atoms with Crippen LogP contribution in [-0.2, 0) is 27.9 Å². The van der Waals surface area contributed by atoms with Gasteiger partial charge in [-0.05, 0) is 110 Å². The Hall–Kier alpha value is -1.90. The Balaban J connectivity index is 2.09. The van der Waals surface area contributed by atoms with Crippen LogP contribution in [0.1, 0.15) is 109 Å². The third kappa shape index (κ3) is 9.66. The van der Waals surface area contributed by atoms with Crippen molar-refractivity contribution in [2.45, 2.75) is 193 Å². The van der Waals surface area contributed by atoms with Crippen LogP contribution in [0.15, 0.2) is 12.2 Å². The van der Waals surface area contributed by atoms with Crippen molar-refractivity contribution in [1.82, 2.24) is 9.80 Å². The Morgan fingerprint density at radius 3 is 1.67 bits per heavy atom. The van der Waals surface area contributed by atoms with Crippen molar-refractivity contribution in [2.75, 3.05) is 6.61 Å². The van der Waals surface area contributed by atoms with E-state index in [0.717, 1.165) is 0 Å². The van der Waals surface area contributed by atoms with Gasteiger partial charge in [0.2, 0.25) is 0 Å². The van der Waals surface area contributed by atoms with Gasteiger partial charge in [0.15, 0.2) is 16.6 Å². The number of amides is 2. The summed E-state index contributed by atoms with van der Waals surface area (Å²) in [6.45, 7) is 33.8. The number of hydrogen-bond acceptors (Lipinski definition) is 8. The van der Waals surface area contributed by atoms with Crippen molar-refractivity contribution in [1.29, 1.82) is 0 Å². The number of hydrogen-bond donors (Lipinski definition) is 0. The zero-order valence-electron chi connectivity index (χ0n) is 32.8. The highest BCUT2D eigenvalue weighted by Crippen LogP contribution is 2.44. The number of carbonyl (C=O) groups is 3. The van der Waals surface area contributed by atoms with Crippen LogP contribution in [0.5, 0.6) is 0 Å². The highest BCUT2D eigenvalue weighted by atomic mass is 28.4. The fourth-order valence-corrected chi connectivity index (χ4v) is 8.57. The second-order valence-electron chi connectivity index (χ2n) is 18.9. The monoisotopic (exact) mass is 710 g/mol. The van der Waals surface area contributed by atoms with Gasteiger partial charge in [-0.15, -0.1) is 0 Å². The average Bonchev–Trinajstić information content (AvgIpc) is 3.60. The Labute approximate surface area is 292 Å². The summed E-state index contributed by atoms with van der Waals surface area (Å²) >= 11 is 0. The summed E-state index contributed by atoms with van der Waals surface area (Å²) in [5, 5.41) is -0.0576. The van der Waals surface area contributed by atoms with E-state index in [1.807, 2.05) is 46.4 Å². The molecular weight excluding hydrogens is 645 g/mol. The lowest BCUT2D eigenvalue weighted by Crippen LogP contribution is -2.60. The van der Waals surface area contributed by atoms with Crippen molar-refractivity contribution in [3.63, 3.8) is 0 Å². The van der Waals surface area contributed by atoms with Gasteiger partial charge in [0, 0.05) is 6.08 Å². The summed E-state index contributed by atoms with van der Waals surface area (Å²) in [6.07, 6.45) is 3.82. The van der Waals surface area contributed by atoms with Crippen molar-refractivity contribution < 1.29 is 37.4 Å². The Bertz CT molecular complexity index is 1210. The first kappa shape index (κ1) is 40.5. The quantitative estimate of drug-likeness (QED) is 0.141. The van der Waals surface area contributed by atoms with Gasteiger partial charge in [-0.25, -0.2) is 14.4 Å². The number of ether oxygens (including phenoxy) is 3. The molecule has 0 aliphatic carbocycles. The normalized spacial score (nSPS) is 26.6. The zero-order valence-corrected chi connectivity index (χ0v) is 34.8. The Morgan fingerprint density at radius 2 is 1.21 bits per heavy atom. The van der Waals surface area contributed by atoms with E-state index in [0.29, 0.717) is 32.3 Å². The van der Waals surface area contributed by atoms with Crippen molar-refractivity contribution in [3.8, 4) is 0 Å². The molecule has 10 nitrogen and oxygen atoms in total. The largest absolute Gasteiger partial charge is 0.453 e. The van der Waals surface area contributed by atoms with Crippen molar-refractivity contribution in [3.05, 3.63) is 12.2 Å². The molecule has 0 N–H and O–H groups in total. The van der Waals surface area contributed by atoms with Crippen molar-refractivity contribution >= 4 is 34.8 Å². The van der Waals surface area contributed by atoms with Gasteiger partial charge in [0.05, 0.1) is 36.9 Å². The first-order valence-electron chi connectivity index (χ1n) is 17.8. The molecule has 0 unspecified atom stereocenters. The fraction of sp³-hybridized carbons (Fsp3) is 0.861. The summed E-state index contributed by atoms with van der Waals surface area (Å²) in [4.78, 5) is 44.0. The molecule has 0 saturated carbocycles. The Kier molecular flexibility index (Phi) is 11.8. The maximum atomic E-state index is 14.4. The lowest BCUT2D eigenvalue weighted by atomic mass is 10.0. The molecule has 0 bridgehead atoms. The van der Waals surface area contributed by atoms with Crippen LogP contribution < -0.4 is 0 Å². The fourth-order valence-electron chi connectivity index (χ4n) is 6.22. The molecule has 0 spiro atoms. The van der Waals surface area contributed by atoms with E-state index in [9.17, 15) is 14.4 Å². The minimum atomic E-state index is -2.32. The van der Waals surface area contributed by atoms with E-state index in [1.54, 1.807) is 11.0 Å². The SMILES string of the molecule is CC(C)(C)OC(=O)N1[C@@H]([C@@H](CO[Si](C)(C)C(C)(C)C)O[Si](C)(C)C(C)(C)C)CC[C@@H]1[C@@H]1CC[C@@H]([C@@H]2C=CC(=O)O2)N1C(=O)OC(C)(C)C. The van der Waals surface area contributed by atoms with Gasteiger partial charge in [-0.3, -0.25) is 9.80 Å². The van der Waals surface area contributed by atoms with Gasteiger partial charge in [-0.1, -0.05) is 41.5 Å². The van der Waals surface area contributed by atoms with E-state index in [2.05, 4.69) is 67.7 Å². The average molecular weight is 711 g/mol. The summed E-state index contributed by atoms with van der Waals surface area (Å²) in [5.74, 6) is -0.420. The third-order valence-electron chi connectivity index (χ3n) is 10.7. The topological polar surface area (TPSA) is 104 Å². The van der Waals surface area contributed by atoms with Crippen LogP contribution in [0, 0.1) is 0 Å².